The van der Waals surface area contributed by atoms with Crippen molar-refractivity contribution in [1.82, 2.24) is 15.1 Å². The van der Waals surface area contributed by atoms with Crippen molar-refractivity contribution in [2.75, 3.05) is 20.2 Å². The van der Waals surface area contributed by atoms with Crippen molar-refractivity contribution in [3.05, 3.63) is 36.0 Å². The summed E-state index contributed by atoms with van der Waals surface area (Å²) in [6.45, 7) is 3.03. The molecule has 1 aromatic heterocycles. The van der Waals surface area contributed by atoms with Crippen molar-refractivity contribution in [3.8, 4) is 17.0 Å². The molecule has 0 radical (unpaired) electrons. The first-order valence-electron chi connectivity index (χ1n) is 7.75. The summed E-state index contributed by atoms with van der Waals surface area (Å²) in [5.74, 6) is 0.826. The molecule has 122 valence electrons. The Balaban J connectivity index is 1.75. The number of likely N-dealkylation sites (tertiary alicyclic amines) is 1. The average Bonchev–Trinajstić information content (AvgIpc) is 3.24. The van der Waals surface area contributed by atoms with E-state index in [4.69, 9.17) is 4.74 Å². The number of aromatic amines is 1. The number of hydrogen-bond acceptors (Lipinski definition) is 4. The van der Waals surface area contributed by atoms with E-state index in [9.17, 15) is 9.90 Å². The molecule has 0 saturated carbocycles. The molecule has 6 heteroatoms. The number of carbonyl (C=O) groups is 1. The van der Waals surface area contributed by atoms with E-state index in [0.29, 0.717) is 24.5 Å². The third-order valence-electron chi connectivity index (χ3n) is 4.37. The summed E-state index contributed by atoms with van der Waals surface area (Å²) >= 11 is 0. The Morgan fingerprint density at radius 3 is 3.00 bits per heavy atom. The van der Waals surface area contributed by atoms with Gasteiger partial charge in [-0.3, -0.25) is 9.89 Å². The number of ether oxygens (including phenoxy) is 1. The molecule has 1 saturated heterocycles. The van der Waals surface area contributed by atoms with Crippen LogP contribution in [0.15, 0.2) is 30.3 Å². The maximum atomic E-state index is 12.5. The fraction of sp³-hybridized carbons (Fsp3) is 0.412. The maximum absolute atomic E-state index is 12.5. The van der Waals surface area contributed by atoms with Gasteiger partial charge in [-0.15, -0.1) is 0 Å². The summed E-state index contributed by atoms with van der Waals surface area (Å²) in [5, 5.41) is 16.7. The topological polar surface area (TPSA) is 78.5 Å². The summed E-state index contributed by atoms with van der Waals surface area (Å²) in [6, 6.07) is 9.31. The number of amides is 1. The quantitative estimate of drug-likeness (QED) is 0.903. The molecule has 0 spiro atoms. The molecular weight excluding hydrogens is 294 g/mol. The summed E-state index contributed by atoms with van der Waals surface area (Å²) in [7, 11) is 1.62. The molecule has 1 aromatic carbocycles. The Hall–Kier alpha value is -2.34. The molecule has 2 unspecified atom stereocenters. The number of H-pyrrole nitrogens is 1. The highest BCUT2D eigenvalue weighted by Gasteiger charge is 2.30. The lowest BCUT2D eigenvalue weighted by molar-refractivity contribution is 0.0757. The molecule has 1 aliphatic heterocycles. The van der Waals surface area contributed by atoms with Gasteiger partial charge in [-0.2, -0.15) is 5.10 Å². The summed E-state index contributed by atoms with van der Waals surface area (Å²) < 4.78 is 5.21. The molecule has 1 fully saturated rings. The Morgan fingerprint density at radius 1 is 1.48 bits per heavy atom. The normalized spacial score (nSPS) is 18.9. The second-order valence-corrected chi connectivity index (χ2v) is 5.94. The lowest BCUT2D eigenvalue weighted by Gasteiger charge is -2.16. The van der Waals surface area contributed by atoms with Crippen LogP contribution in [0, 0.1) is 5.92 Å². The lowest BCUT2D eigenvalue weighted by atomic mass is 10.0. The van der Waals surface area contributed by atoms with E-state index in [1.54, 1.807) is 25.0 Å². The van der Waals surface area contributed by atoms with Gasteiger partial charge in [0.1, 0.15) is 11.4 Å². The van der Waals surface area contributed by atoms with Crippen LogP contribution in [0.2, 0.25) is 0 Å². The Bertz CT molecular complexity index is 696. The Morgan fingerprint density at radius 2 is 2.30 bits per heavy atom. The number of rotatable bonds is 4. The van der Waals surface area contributed by atoms with Crippen LogP contribution in [0.3, 0.4) is 0 Å². The fourth-order valence-electron chi connectivity index (χ4n) is 2.90. The molecule has 1 aliphatic rings. The summed E-state index contributed by atoms with van der Waals surface area (Å²) in [4.78, 5) is 14.3. The number of carbonyl (C=O) groups excluding carboxylic acids is 1. The van der Waals surface area contributed by atoms with Crippen LogP contribution < -0.4 is 4.74 Å². The first kappa shape index (κ1) is 15.6. The van der Waals surface area contributed by atoms with E-state index < -0.39 is 0 Å². The number of nitrogens with one attached hydrogen (secondary N) is 1. The van der Waals surface area contributed by atoms with Gasteiger partial charge in [-0.05, 0) is 31.5 Å². The minimum Gasteiger partial charge on any atom is -0.497 e. The van der Waals surface area contributed by atoms with Crippen LogP contribution in [0.5, 0.6) is 5.75 Å². The van der Waals surface area contributed by atoms with Crippen LogP contribution >= 0.6 is 0 Å². The molecule has 2 aromatic rings. The van der Waals surface area contributed by atoms with Crippen LogP contribution in [0.4, 0.5) is 0 Å². The number of hydrogen-bond donors (Lipinski definition) is 2. The van der Waals surface area contributed by atoms with E-state index in [1.165, 1.54) is 0 Å². The average molecular weight is 315 g/mol. The third kappa shape index (κ3) is 3.22. The molecular formula is C17H21N3O3. The van der Waals surface area contributed by atoms with Crippen molar-refractivity contribution in [2.24, 2.45) is 5.92 Å². The predicted molar refractivity (Wildman–Crippen MR) is 86.3 cm³/mol. The zero-order valence-electron chi connectivity index (χ0n) is 13.3. The zero-order chi connectivity index (χ0) is 16.4. The van der Waals surface area contributed by atoms with E-state index in [2.05, 4.69) is 10.2 Å². The van der Waals surface area contributed by atoms with Crippen LogP contribution in [-0.2, 0) is 0 Å². The molecule has 2 atom stereocenters. The number of benzene rings is 1. The summed E-state index contributed by atoms with van der Waals surface area (Å²) in [5.41, 5.74) is 2.07. The van der Waals surface area contributed by atoms with Gasteiger partial charge < -0.3 is 14.7 Å². The second kappa shape index (κ2) is 6.42. The van der Waals surface area contributed by atoms with Gasteiger partial charge in [-0.25, -0.2) is 0 Å². The zero-order valence-corrected chi connectivity index (χ0v) is 13.3. The van der Waals surface area contributed by atoms with E-state index in [0.717, 1.165) is 17.7 Å². The molecule has 0 bridgehead atoms. The molecule has 2 N–H and O–H groups in total. The minimum absolute atomic E-state index is 0.0743. The highest BCUT2D eigenvalue weighted by molar-refractivity contribution is 5.93. The SMILES string of the molecule is COc1cccc(-c2cc(C(=O)N3CCC(C(C)O)C3)[nH]n2)c1. The van der Waals surface area contributed by atoms with Crippen LogP contribution in [-0.4, -0.2) is 52.4 Å². The van der Waals surface area contributed by atoms with Crippen molar-refractivity contribution in [1.29, 1.82) is 0 Å². The van der Waals surface area contributed by atoms with Gasteiger partial charge in [0.05, 0.1) is 18.9 Å². The minimum atomic E-state index is -0.387. The van der Waals surface area contributed by atoms with Crippen molar-refractivity contribution in [3.63, 3.8) is 0 Å². The van der Waals surface area contributed by atoms with Crippen molar-refractivity contribution < 1.29 is 14.6 Å². The molecule has 23 heavy (non-hydrogen) atoms. The smallest absolute Gasteiger partial charge is 0.271 e. The number of nitrogens with zero attached hydrogens (tertiary/aromatic N) is 2. The van der Waals surface area contributed by atoms with E-state index in [1.807, 2.05) is 24.3 Å². The van der Waals surface area contributed by atoms with Crippen molar-refractivity contribution >= 4 is 5.91 Å². The molecule has 0 aliphatic carbocycles. The molecule has 2 heterocycles. The van der Waals surface area contributed by atoms with Gasteiger partial charge in [0, 0.05) is 24.6 Å². The number of aliphatic hydroxyl groups excluding tert-OH is 1. The van der Waals surface area contributed by atoms with Gasteiger partial charge in [0.15, 0.2) is 0 Å². The Labute approximate surface area is 135 Å². The molecule has 1 amide bonds. The number of methoxy groups -OCH3 is 1. The first-order chi connectivity index (χ1) is 11.1. The highest BCUT2D eigenvalue weighted by atomic mass is 16.5. The number of aliphatic hydroxyl groups is 1. The standard InChI is InChI=1S/C17H21N3O3/c1-11(21)13-6-7-20(10-13)17(22)16-9-15(18-19-16)12-4-3-5-14(8-12)23-2/h3-5,8-9,11,13,21H,6-7,10H2,1-2H3,(H,18,19). The largest absolute Gasteiger partial charge is 0.497 e. The van der Waals surface area contributed by atoms with Crippen LogP contribution in [0.25, 0.3) is 11.3 Å². The van der Waals surface area contributed by atoms with Gasteiger partial charge >= 0.3 is 0 Å². The van der Waals surface area contributed by atoms with Gasteiger partial charge in [-0.1, -0.05) is 12.1 Å². The van der Waals surface area contributed by atoms with Crippen LogP contribution in [0.1, 0.15) is 23.8 Å². The summed E-state index contributed by atoms with van der Waals surface area (Å²) in [6.07, 6.45) is 0.446. The predicted octanol–water partition coefficient (Wildman–Crippen LogP) is 1.93. The lowest BCUT2D eigenvalue weighted by Crippen LogP contribution is -2.30. The van der Waals surface area contributed by atoms with E-state index >= 15 is 0 Å². The maximum Gasteiger partial charge on any atom is 0.271 e. The van der Waals surface area contributed by atoms with Crippen molar-refractivity contribution in [2.45, 2.75) is 19.4 Å². The molecule has 3 rings (SSSR count). The first-order valence-corrected chi connectivity index (χ1v) is 7.75. The highest BCUT2D eigenvalue weighted by Crippen LogP contribution is 2.25. The fourth-order valence-corrected chi connectivity index (χ4v) is 2.90. The molecule has 6 nitrogen and oxygen atoms in total. The Kier molecular flexibility index (Phi) is 4.34. The number of aromatic nitrogens is 2. The monoisotopic (exact) mass is 315 g/mol. The second-order valence-electron chi connectivity index (χ2n) is 5.94. The van der Waals surface area contributed by atoms with Gasteiger partial charge in [0.25, 0.3) is 5.91 Å². The van der Waals surface area contributed by atoms with Gasteiger partial charge in [0.2, 0.25) is 0 Å². The third-order valence-corrected chi connectivity index (χ3v) is 4.37. The van der Waals surface area contributed by atoms with E-state index in [-0.39, 0.29) is 17.9 Å².